The first-order chi connectivity index (χ1) is 12.7. The van der Waals surface area contributed by atoms with Crippen LogP contribution in [0.15, 0.2) is 60.8 Å². The lowest BCUT2D eigenvalue weighted by molar-refractivity contribution is -0.144. The van der Waals surface area contributed by atoms with Gasteiger partial charge in [-0.3, -0.25) is 14.9 Å². The average Bonchev–Trinajstić information content (AvgIpc) is 3.35. The van der Waals surface area contributed by atoms with Gasteiger partial charge < -0.3 is 9.72 Å². The van der Waals surface area contributed by atoms with Crippen LogP contribution >= 0.6 is 11.8 Å². The van der Waals surface area contributed by atoms with E-state index in [0.717, 1.165) is 16.5 Å². The second kappa shape index (κ2) is 7.35. The molecule has 4 rings (SSSR count). The van der Waals surface area contributed by atoms with Crippen LogP contribution in [0.2, 0.25) is 0 Å². The summed E-state index contributed by atoms with van der Waals surface area (Å²) in [4.78, 5) is 27.6. The van der Waals surface area contributed by atoms with Crippen LogP contribution in [0.25, 0.3) is 10.9 Å². The maximum absolute atomic E-state index is 12.3. The molecule has 0 amide bonds. The number of esters is 1. The molecule has 2 atom stereocenters. The Balaban J connectivity index is 1.37. The molecule has 0 spiro atoms. The van der Waals surface area contributed by atoms with E-state index in [0.29, 0.717) is 11.3 Å². The van der Waals surface area contributed by atoms with E-state index in [2.05, 4.69) is 16.4 Å². The Morgan fingerprint density at radius 3 is 2.77 bits per heavy atom. The van der Waals surface area contributed by atoms with E-state index in [4.69, 9.17) is 4.74 Å². The van der Waals surface area contributed by atoms with Crippen molar-refractivity contribution in [2.75, 3.05) is 12.4 Å². The summed E-state index contributed by atoms with van der Waals surface area (Å²) < 4.78 is 5.23. The number of ether oxygens (including phenoxy) is 1. The monoisotopic (exact) mass is 366 g/mol. The minimum Gasteiger partial charge on any atom is -0.456 e. The Labute approximate surface area is 155 Å². The van der Waals surface area contributed by atoms with E-state index in [9.17, 15) is 9.59 Å². The van der Waals surface area contributed by atoms with Crippen LogP contribution in [0.3, 0.4) is 0 Å². The Morgan fingerprint density at radius 2 is 1.92 bits per heavy atom. The van der Waals surface area contributed by atoms with Gasteiger partial charge in [0.25, 0.3) is 0 Å². The molecule has 2 N–H and O–H groups in total. The third-order valence-corrected chi connectivity index (χ3v) is 5.67. The fourth-order valence-electron chi connectivity index (χ4n) is 3.07. The Bertz CT molecular complexity index is 938. The highest BCUT2D eigenvalue weighted by molar-refractivity contribution is 7.99. The number of aromatic nitrogens is 1. The molecule has 1 aliphatic rings. The van der Waals surface area contributed by atoms with Crippen LogP contribution in [0, 0.1) is 0 Å². The average molecular weight is 366 g/mol. The van der Waals surface area contributed by atoms with Crippen LogP contribution < -0.4 is 5.32 Å². The Morgan fingerprint density at radius 1 is 1.08 bits per heavy atom. The number of hydrogen-bond acceptors (Lipinski definition) is 5. The molecule has 0 unspecified atom stereocenters. The van der Waals surface area contributed by atoms with Crippen molar-refractivity contribution in [1.82, 2.24) is 10.3 Å². The van der Waals surface area contributed by atoms with Gasteiger partial charge in [0.2, 0.25) is 0 Å². The van der Waals surface area contributed by atoms with Crippen molar-refractivity contribution in [3.63, 3.8) is 0 Å². The summed E-state index contributed by atoms with van der Waals surface area (Å²) in [5.41, 5.74) is 2.76. The maximum atomic E-state index is 12.3. The molecule has 1 aliphatic heterocycles. The number of aromatic amines is 1. The van der Waals surface area contributed by atoms with E-state index in [1.165, 1.54) is 0 Å². The van der Waals surface area contributed by atoms with Crippen LogP contribution in [0.4, 0.5) is 0 Å². The standard InChI is InChI=1S/C20H18N2O3S/c23-18(13-5-2-1-3-6-13)11-25-20(24)17-12-26-19(22-17)15-7-4-8-16-14(15)9-10-21-16/h1-10,17,19,21-22H,11-12H2/t17-,19-/m1/s1. The second-order valence-electron chi connectivity index (χ2n) is 6.12. The molecular formula is C20H18N2O3S. The molecule has 2 heterocycles. The van der Waals surface area contributed by atoms with Crippen LogP contribution in [-0.2, 0) is 9.53 Å². The number of thioether (sulfide) groups is 1. The van der Waals surface area contributed by atoms with Crippen molar-refractivity contribution in [3.05, 3.63) is 71.9 Å². The molecule has 1 aromatic heterocycles. The van der Waals surface area contributed by atoms with Crippen molar-refractivity contribution >= 4 is 34.4 Å². The van der Waals surface area contributed by atoms with Crippen LogP contribution in [0.1, 0.15) is 21.3 Å². The molecule has 5 nitrogen and oxygen atoms in total. The first-order valence-electron chi connectivity index (χ1n) is 8.41. The lowest BCUT2D eigenvalue weighted by Crippen LogP contribution is -2.36. The number of carbonyl (C=O) groups is 2. The lowest BCUT2D eigenvalue weighted by Gasteiger charge is -2.14. The zero-order chi connectivity index (χ0) is 17.9. The van der Waals surface area contributed by atoms with Crippen molar-refractivity contribution in [2.45, 2.75) is 11.4 Å². The number of carbonyl (C=O) groups excluding carboxylic acids is 2. The SMILES string of the molecule is O=C(COC(=O)[C@H]1CS[C@H](c2cccc3[nH]ccc23)N1)c1ccccc1. The van der Waals surface area contributed by atoms with Gasteiger partial charge in [-0.15, -0.1) is 11.8 Å². The number of Topliss-reactive ketones (excluding diaryl/α,β-unsaturated/α-hetero) is 1. The second-order valence-corrected chi connectivity index (χ2v) is 7.25. The number of nitrogens with one attached hydrogen (secondary N) is 2. The summed E-state index contributed by atoms with van der Waals surface area (Å²) in [5, 5.41) is 4.48. The van der Waals surface area contributed by atoms with Gasteiger partial charge in [-0.2, -0.15) is 0 Å². The van der Waals surface area contributed by atoms with Gasteiger partial charge in [0.15, 0.2) is 12.4 Å². The van der Waals surface area contributed by atoms with Gasteiger partial charge in [0.1, 0.15) is 6.04 Å². The third-order valence-electron chi connectivity index (χ3n) is 4.42. The highest BCUT2D eigenvalue weighted by atomic mass is 32.2. The van der Waals surface area contributed by atoms with Crippen molar-refractivity contribution in [3.8, 4) is 0 Å². The molecular weight excluding hydrogens is 348 g/mol. The molecule has 1 saturated heterocycles. The van der Waals surface area contributed by atoms with Gasteiger partial charge in [-0.25, -0.2) is 0 Å². The number of rotatable bonds is 5. The maximum Gasteiger partial charge on any atom is 0.324 e. The fraction of sp³-hybridized carbons (Fsp3) is 0.200. The van der Waals surface area contributed by atoms with E-state index in [-0.39, 0.29) is 23.7 Å². The topological polar surface area (TPSA) is 71.2 Å². The molecule has 0 radical (unpaired) electrons. The molecule has 132 valence electrons. The first-order valence-corrected chi connectivity index (χ1v) is 9.46. The summed E-state index contributed by atoms with van der Waals surface area (Å²) >= 11 is 1.67. The number of benzene rings is 2. The van der Waals surface area contributed by atoms with Crippen molar-refractivity contribution in [1.29, 1.82) is 0 Å². The number of fused-ring (bicyclic) bond motifs is 1. The summed E-state index contributed by atoms with van der Waals surface area (Å²) in [7, 11) is 0. The molecule has 0 bridgehead atoms. The fourth-order valence-corrected chi connectivity index (χ4v) is 4.33. The molecule has 6 heteroatoms. The number of ketones is 1. The summed E-state index contributed by atoms with van der Waals surface area (Å²) in [5.74, 6) is 0.0351. The lowest BCUT2D eigenvalue weighted by atomic mass is 10.1. The zero-order valence-electron chi connectivity index (χ0n) is 14.0. The largest absolute Gasteiger partial charge is 0.456 e. The van der Waals surface area contributed by atoms with Gasteiger partial charge in [0, 0.05) is 28.4 Å². The highest BCUT2D eigenvalue weighted by Gasteiger charge is 2.32. The zero-order valence-corrected chi connectivity index (χ0v) is 14.8. The molecule has 2 aromatic carbocycles. The minimum absolute atomic E-state index is 0.0249. The summed E-state index contributed by atoms with van der Waals surface area (Å²) in [6, 6.07) is 16.6. The van der Waals surface area contributed by atoms with Gasteiger partial charge in [-0.05, 0) is 17.7 Å². The predicted octanol–water partition coefficient (Wildman–Crippen LogP) is 3.30. The summed E-state index contributed by atoms with van der Waals surface area (Å²) in [6.45, 7) is -0.232. The molecule has 26 heavy (non-hydrogen) atoms. The van der Waals surface area contributed by atoms with Gasteiger partial charge >= 0.3 is 5.97 Å². The Hall–Kier alpha value is -2.57. The van der Waals surface area contributed by atoms with E-state index < -0.39 is 6.04 Å². The van der Waals surface area contributed by atoms with Crippen LogP contribution in [-0.4, -0.2) is 35.1 Å². The molecule has 0 saturated carbocycles. The van der Waals surface area contributed by atoms with Gasteiger partial charge in [-0.1, -0.05) is 42.5 Å². The molecule has 3 aromatic rings. The van der Waals surface area contributed by atoms with Crippen molar-refractivity contribution < 1.29 is 14.3 Å². The Kier molecular flexibility index (Phi) is 4.77. The molecule has 1 fully saturated rings. The number of hydrogen-bond donors (Lipinski definition) is 2. The van der Waals surface area contributed by atoms with E-state index in [1.807, 2.05) is 30.5 Å². The van der Waals surface area contributed by atoms with Crippen molar-refractivity contribution in [2.24, 2.45) is 0 Å². The van der Waals surface area contributed by atoms with Gasteiger partial charge in [0.05, 0.1) is 5.37 Å². The minimum atomic E-state index is -0.414. The first kappa shape index (κ1) is 16.9. The highest BCUT2D eigenvalue weighted by Crippen LogP contribution is 2.36. The quantitative estimate of drug-likeness (QED) is 0.536. The predicted molar refractivity (Wildman–Crippen MR) is 102 cm³/mol. The smallest absolute Gasteiger partial charge is 0.324 e. The number of H-pyrrole nitrogens is 1. The van der Waals surface area contributed by atoms with E-state index in [1.54, 1.807) is 36.0 Å². The summed E-state index contributed by atoms with van der Waals surface area (Å²) in [6.07, 6.45) is 1.91. The normalized spacial score (nSPS) is 19.5. The molecule has 0 aliphatic carbocycles. The third kappa shape index (κ3) is 3.38. The van der Waals surface area contributed by atoms with Crippen LogP contribution in [0.5, 0.6) is 0 Å². The van der Waals surface area contributed by atoms with E-state index >= 15 is 0 Å².